The van der Waals surface area contributed by atoms with Crippen LogP contribution in [0.5, 0.6) is 11.5 Å². The number of ether oxygens (including phenoxy) is 2. The molecule has 2 N–H and O–H groups in total. The first-order chi connectivity index (χ1) is 18.0. The summed E-state index contributed by atoms with van der Waals surface area (Å²) in [7, 11) is 1.55. The minimum atomic E-state index is -0.552. The number of methoxy groups -OCH3 is 1. The van der Waals surface area contributed by atoms with Gasteiger partial charge in [0.2, 0.25) is 5.95 Å². The van der Waals surface area contributed by atoms with E-state index in [-0.39, 0.29) is 18.1 Å². The Kier molecular flexibility index (Phi) is 6.78. The maximum atomic E-state index is 14.1. The molecule has 0 unspecified atom stereocenters. The third-order valence-corrected chi connectivity index (χ3v) is 6.39. The third-order valence-electron chi connectivity index (χ3n) is 6.03. The molecular weight excluding hydrogens is 497 g/mol. The molecule has 0 bridgehead atoms. The molecule has 0 spiro atoms. The molecule has 4 aromatic rings. The normalized spacial score (nSPS) is 14.5. The number of fused-ring (bicyclic) bond motifs is 1. The highest BCUT2D eigenvalue weighted by Crippen LogP contribution is 2.36. The molecule has 37 heavy (non-hydrogen) atoms. The molecule has 0 radical (unpaired) electrons. The minimum Gasteiger partial charge on any atom is -0.495 e. The van der Waals surface area contributed by atoms with Gasteiger partial charge in [-0.2, -0.15) is 10.1 Å². The molecule has 0 fully saturated rings. The van der Waals surface area contributed by atoms with Crippen LogP contribution >= 0.6 is 11.6 Å². The molecule has 188 valence electrons. The molecule has 1 atom stereocenters. The molecule has 1 aliphatic heterocycles. The van der Waals surface area contributed by atoms with Crippen molar-refractivity contribution in [3.8, 4) is 11.5 Å². The van der Waals surface area contributed by atoms with Gasteiger partial charge < -0.3 is 20.1 Å². The zero-order valence-electron chi connectivity index (χ0n) is 20.0. The predicted molar refractivity (Wildman–Crippen MR) is 138 cm³/mol. The maximum absolute atomic E-state index is 14.1. The first-order valence-electron chi connectivity index (χ1n) is 11.4. The number of aromatic nitrogens is 3. The summed E-state index contributed by atoms with van der Waals surface area (Å²) in [5.74, 6) is 0.855. The number of carbonyl (C=O) groups excluding carboxylic acids is 1. The van der Waals surface area contributed by atoms with Crippen molar-refractivity contribution in [1.82, 2.24) is 14.8 Å². The number of rotatable bonds is 7. The van der Waals surface area contributed by atoms with Crippen molar-refractivity contribution in [2.45, 2.75) is 19.6 Å². The molecule has 5 rings (SSSR count). The van der Waals surface area contributed by atoms with Gasteiger partial charge in [-0.3, -0.25) is 4.79 Å². The van der Waals surface area contributed by atoms with Crippen LogP contribution in [0.2, 0.25) is 5.02 Å². The van der Waals surface area contributed by atoms with Gasteiger partial charge in [-0.1, -0.05) is 41.9 Å². The Morgan fingerprint density at radius 3 is 2.68 bits per heavy atom. The highest BCUT2D eigenvalue weighted by molar-refractivity contribution is 6.31. The highest BCUT2D eigenvalue weighted by atomic mass is 35.5. The Balaban J connectivity index is 1.43. The van der Waals surface area contributed by atoms with E-state index in [2.05, 4.69) is 20.7 Å². The lowest BCUT2D eigenvalue weighted by molar-refractivity contribution is -0.113. The van der Waals surface area contributed by atoms with Gasteiger partial charge >= 0.3 is 0 Å². The van der Waals surface area contributed by atoms with Crippen molar-refractivity contribution in [2.75, 3.05) is 17.7 Å². The Morgan fingerprint density at radius 1 is 1.14 bits per heavy atom. The summed E-state index contributed by atoms with van der Waals surface area (Å²) in [5.41, 5.74) is 2.74. The maximum Gasteiger partial charge on any atom is 0.255 e. The predicted octanol–water partition coefficient (Wildman–Crippen LogP) is 5.59. The van der Waals surface area contributed by atoms with E-state index in [0.717, 1.165) is 5.56 Å². The SMILES string of the molecule is COc1ccccc1NC(=O)C1=C(C)Nc2ncnn2[C@@H]1c1ccc(OCc2c(F)cccc2Cl)cc1. The summed E-state index contributed by atoms with van der Waals surface area (Å²) in [5, 5.41) is 10.8. The van der Waals surface area contributed by atoms with Crippen molar-refractivity contribution < 1.29 is 18.7 Å². The second kappa shape index (κ2) is 10.3. The molecular formula is C27H23ClFN5O3. The summed E-state index contributed by atoms with van der Waals surface area (Å²) in [6.07, 6.45) is 1.43. The van der Waals surface area contributed by atoms with Gasteiger partial charge in [0.25, 0.3) is 5.91 Å². The third kappa shape index (κ3) is 4.85. The van der Waals surface area contributed by atoms with Crippen LogP contribution in [0, 0.1) is 5.82 Å². The number of halogens is 2. The second-order valence-corrected chi connectivity index (χ2v) is 8.71. The number of carbonyl (C=O) groups is 1. The first-order valence-corrected chi connectivity index (χ1v) is 11.8. The van der Waals surface area contributed by atoms with Crippen molar-refractivity contribution in [3.05, 3.63) is 106 Å². The fraction of sp³-hybridized carbons (Fsp3) is 0.148. The van der Waals surface area contributed by atoms with E-state index in [0.29, 0.717) is 39.4 Å². The number of nitrogens with one attached hydrogen (secondary N) is 2. The van der Waals surface area contributed by atoms with E-state index in [9.17, 15) is 9.18 Å². The van der Waals surface area contributed by atoms with Crippen LogP contribution in [0.4, 0.5) is 16.0 Å². The Labute approximate surface area is 217 Å². The Morgan fingerprint density at radius 2 is 1.92 bits per heavy atom. The molecule has 10 heteroatoms. The van der Waals surface area contributed by atoms with Crippen molar-refractivity contribution >= 4 is 29.1 Å². The zero-order valence-corrected chi connectivity index (χ0v) is 20.8. The second-order valence-electron chi connectivity index (χ2n) is 8.31. The lowest BCUT2D eigenvalue weighted by Crippen LogP contribution is -2.31. The monoisotopic (exact) mass is 519 g/mol. The molecule has 3 aromatic carbocycles. The van der Waals surface area contributed by atoms with Crippen molar-refractivity contribution in [1.29, 1.82) is 0 Å². The van der Waals surface area contributed by atoms with Gasteiger partial charge in [-0.05, 0) is 48.9 Å². The topological polar surface area (TPSA) is 90.3 Å². The molecule has 0 saturated heterocycles. The molecule has 0 saturated carbocycles. The molecule has 1 aliphatic rings. The smallest absolute Gasteiger partial charge is 0.255 e. The van der Waals surface area contributed by atoms with Crippen LogP contribution < -0.4 is 20.1 Å². The van der Waals surface area contributed by atoms with Gasteiger partial charge in [-0.25, -0.2) is 9.07 Å². The van der Waals surface area contributed by atoms with E-state index in [4.69, 9.17) is 21.1 Å². The fourth-order valence-corrected chi connectivity index (χ4v) is 4.42. The van der Waals surface area contributed by atoms with Crippen LogP contribution in [0.3, 0.4) is 0 Å². The Bertz CT molecular complexity index is 1470. The molecule has 8 nitrogen and oxygen atoms in total. The van der Waals surface area contributed by atoms with Crippen molar-refractivity contribution in [3.63, 3.8) is 0 Å². The highest BCUT2D eigenvalue weighted by Gasteiger charge is 2.33. The number of allylic oxidation sites excluding steroid dienone is 1. The minimum absolute atomic E-state index is 0.0169. The largest absolute Gasteiger partial charge is 0.495 e. The molecule has 1 amide bonds. The van der Waals surface area contributed by atoms with E-state index in [1.54, 1.807) is 48.2 Å². The standard InChI is InChI=1S/C27H23ClFN5O3/c1-16-24(26(35)33-22-8-3-4-9-23(22)36-2)25(34-27(32-16)30-15-31-34)17-10-12-18(13-11-17)37-14-19-20(28)6-5-7-21(19)29/h3-13,15,25H,14H2,1-2H3,(H,33,35)(H,30,31,32)/t25-/m1/s1. The first kappa shape index (κ1) is 24.3. The summed E-state index contributed by atoms with van der Waals surface area (Å²) in [6, 6.07) is 18.3. The average Bonchev–Trinajstić information content (AvgIpc) is 3.36. The van der Waals surface area contributed by atoms with Crippen LogP contribution in [-0.2, 0) is 11.4 Å². The van der Waals surface area contributed by atoms with Gasteiger partial charge in [0.15, 0.2) is 0 Å². The van der Waals surface area contributed by atoms with Gasteiger partial charge in [0, 0.05) is 11.3 Å². The lowest BCUT2D eigenvalue weighted by Gasteiger charge is -2.29. The fourth-order valence-electron chi connectivity index (χ4n) is 4.20. The van der Waals surface area contributed by atoms with Crippen LogP contribution in [0.25, 0.3) is 0 Å². The van der Waals surface area contributed by atoms with Gasteiger partial charge in [0.05, 0.1) is 23.4 Å². The Hall–Kier alpha value is -4.37. The summed E-state index contributed by atoms with van der Waals surface area (Å²) in [4.78, 5) is 17.8. The number of benzene rings is 3. The number of hydrogen-bond acceptors (Lipinski definition) is 6. The summed E-state index contributed by atoms with van der Waals surface area (Å²) >= 11 is 6.10. The van der Waals surface area contributed by atoms with Crippen LogP contribution in [0.1, 0.15) is 24.1 Å². The zero-order chi connectivity index (χ0) is 25.9. The van der Waals surface area contributed by atoms with Crippen molar-refractivity contribution in [2.24, 2.45) is 0 Å². The molecule has 2 heterocycles. The van der Waals surface area contributed by atoms with E-state index in [1.165, 1.54) is 12.4 Å². The van der Waals surface area contributed by atoms with Crippen LogP contribution in [0.15, 0.2) is 84.3 Å². The summed E-state index contributed by atoms with van der Waals surface area (Å²) in [6.45, 7) is 1.80. The lowest BCUT2D eigenvalue weighted by atomic mass is 9.95. The summed E-state index contributed by atoms with van der Waals surface area (Å²) < 4.78 is 26.9. The van der Waals surface area contributed by atoms with Gasteiger partial charge in [0.1, 0.15) is 36.3 Å². The number of amides is 1. The van der Waals surface area contributed by atoms with Crippen LogP contribution in [-0.4, -0.2) is 27.8 Å². The number of para-hydroxylation sites is 2. The quantitative estimate of drug-likeness (QED) is 0.331. The van der Waals surface area contributed by atoms with E-state index < -0.39 is 11.9 Å². The molecule has 1 aromatic heterocycles. The van der Waals surface area contributed by atoms with E-state index >= 15 is 0 Å². The number of hydrogen-bond donors (Lipinski definition) is 2. The van der Waals surface area contributed by atoms with E-state index in [1.807, 2.05) is 31.2 Å². The van der Waals surface area contributed by atoms with Gasteiger partial charge in [-0.15, -0.1) is 0 Å². The average molecular weight is 520 g/mol. The molecule has 0 aliphatic carbocycles. The number of nitrogens with zero attached hydrogens (tertiary/aromatic N) is 3. The number of anilines is 2.